The van der Waals surface area contributed by atoms with Crippen LogP contribution in [0.15, 0.2) is 48.0 Å². The Labute approximate surface area is 322 Å². The van der Waals surface area contributed by atoms with Gasteiger partial charge < -0.3 is 34.4 Å². The Morgan fingerprint density at radius 2 is 1.82 bits per heavy atom. The van der Waals surface area contributed by atoms with Crippen LogP contribution in [0.25, 0.3) is 21.8 Å². The number of carbonyl (C=O) groups is 2. The molecular weight excluding hydrogens is 697 g/mol. The molecule has 6 aliphatic rings. The standard InChI is InChI=1S/C44H54N4O7/c1-7-25-21-47(3)35-18-30-26-10-8-9-11-33(26)45-37(30)31(17-32(25)44(35,22-49)42(52)55-6)36-34(53-4)13-12-27-28-14-15-48-20-24-16-29(23(2)50)40(48)43(19-24,41(51)54-5)39(28)46-38(27)36/h7-13,23-24,29,31-32,35,40,45-46,49-50H,14-22H2,1-6H3/b25-7-/t23-,24+,29+,31-,32-,35-,40-,43+,44?/m0/s1. The van der Waals surface area contributed by atoms with Gasteiger partial charge in [-0.3, -0.25) is 19.4 Å². The maximum atomic E-state index is 14.5. The molecule has 1 saturated carbocycles. The Hall–Kier alpha value is -4.16. The lowest BCUT2D eigenvalue weighted by Gasteiger charge is -2.58. The number of H-pyrrole nitrogens is 2. The van der Waals surface area contributed by atoms with Gasteiger partial charge in [0, 0.05) is 82.7 Å². The summed E-state index contributed by atoms with van der Waals surface area (Å²) in [7, 11) is 6.65. The average molecular weight is 751 g/mol. The first-order valence-electron chi connectivity index (χ1n) is 19.9. The third kappa shape index (κ3) is 4.88. The number of likely N-dealkylation sites (N-methyl/N-ethyl adjacent to an activating group) is 1. The number of benzene rings is 2. The van der Waals surface area contributed by atoms with Gasteiger partial charge in [-0.25, -0.2) is 0 Å². The van der Waals surface area contributed by atoms with Crippen molar-refractivity contribution in [3.8, 4) is 5.75 Å². The van der Waals surface area contributed by atoms with Crippen LogP contribution in [-0.2, 0) is 37.3 Å². The summed E-state index contributed by atoms with van der Waals surface area (Å²) < 4.78 is 17.6. The second kappa shape index (κ2) is 13.2. The Morgan fingerprint density at radius 3 is 2.53 bits per heavy atom. The van der Waals surface area contributed by atoms with Crippen LogP contribution in [-0.4, -0.2) is 115 Å². The molecule has 0 radical (unpaired) electrons. The number of para-hydroxylation sites is 1. The molecule has 6 heterocycles. The van der Waals surface area contributed by atoms with E-state index in [0.29, 0.717) is 31.6 Å². The number of nitrogens with one attached hydrogen (secondary N) is 2. The third-order valence-electron chi connectivity index (χ3n) is 14.8. The first-order valence-corrected chi connectivity index (χ1v) is 19.9. The number of allylic oxidation sites excluding steroid dienone is 1. The zero-order chi connectivity index (χ0) is 38.6. The summed E-state index contributed by atoms with van der Waals surface area (Å²) in [6, 6.07) is 12.0. The van der Waals surface area contributed by atoms with E-state index < -0.39 is 22.9 Å². The number of piperidine rings is 3. The van der Waals surface area contributed by atoms with Crippen molar-refractivity contribution in [3.05, 3.63) is 76.1 Å². The van der Waals surface area contributed by atoms with Gasteiger partial charge in [0.05, 0.1) is 39.6 Å². The van der Waals surface area contributed by atoms with Crippen LogP contribution in [0.1, 0.15) is 67.1 Å². The van der Waals surface area contributed by atoms with Gasteiger partial charge in [0.25, 0.3) is 0 Å². The molecule has 6 bridgehead atoms. The van der Waals surface area contributed by atoms with Crippen LogP contribution in [0.2, 0.25) is 0 Å². The van der Waals surface area contributed by atoms with Crippen LogP contribution in [0.5, 0.6) is 5.75 Å². The van der Waals surface area contributed by atoms with Crippen molar-refractivity contribution in [2.24, 2.45) is 23.2 Å². The molecule has 292 valence electrons. The van der Waals surface area contributed by atoms with Crippen LogP contribution in [0.4, 0.5) is 0 Å². The number of aliphatic hydroxyl groups is 2. The van der Waals surface area contributed by atoms with Crippen molar-refractivity contribution in [2.45, 2.75) is 75.5 Å². The summed E-state index contributed by atoms with van der Waals surface area (Å²) in [6.45, 7) is 5.88. The highest BCUT2D eigenvalue weighted by molar-refractivity contribution is 5.95. The molecular formula is C44H54N4O7. The summed E-state index contributed by atoms with van der Waals surface area (Å²) in [6.07, 6.45) is 4.85. The molecule has 3 saturated heterocycles. The highest BCUT2D eigenvalue weighted by Gasteiger charge is 2.64. The summed E-state index contributed by atoms with van der Waals surface area (Å²) in [5.74, 6) is -0.426. The molecule has 4 N–H and O–H groups in total. The zero-order valence-electron chi connectivity index (χ0n) is 32.8. The molecule has 10 rings (SSSR count). The zero-order valence-corrected chi connectivity index (χ0v) is 32.8. The lowest BCUT2D eigenvalue weighted by molar-refractivity contribution is -0.169. The predicted molar refractivity (Wildman–Crippen MR) is 209 cm³/mol. The molecule has 11 nitrogen and oxygen atoms in total. The largest absolute Gasteiger partial charge is 0.496 e. The summed E-state index contributed by atoms with van der Waals surface area (Å²) in [5.41, 5.74) is 5.94. The summed E-state index contributed by atoms with van der Waals surface area (Å²) in [4.78, 5) is 41.2. The minimum absolute atomic E-state index is 0.0703. The quantitative estimate of drug-likeness (QED) is 0.161. The van der Waals surface area contributed by atoms with E-state index in [-0.39, 0.29) is 48.3 Å². The van der Waals surface area contributed by atoms with Gasteiger partial charge in [-0.1, -0.05) is 29.8 Å². The van der Waals surface area contributed by atoms with Crippen molar-refractivity contribution in [2.75, 3.05) is 54.6 Å². The molecule has 4 aromatic rings. The minimum atomic E-state index is -1.22. The Bertz CT molecular complexity index is 2220. The number of aromatic amines is 2. The molecule has 2 unspecified atom stereocenters. The molecule has 11 heteroatoms. The maximum absolute atomic E-state index is 14.5. The van der Waals surface area contributed by atoms with Gasteiger partial charge in [0.2, 0.25) is 0 Å². The number of carbonyl (C=O) groups excluding carboxylic acids is 2. The van der Waals surface area contributed by atoms with Gasteiger partial charge in [0.1, 0.15) is 16.6 Å². The van der Waals surface area contributed by atoms with E-state index in [9.17, 15) is 19.8 Å². The van der Waals surface area contributed by atoms with Crippen molar-refractivity contribution in [1.82, 2.24) is 19.8 Å². The van der Waals surface area contributed by atoms with Gasteiger partial charge in [-0.15, -0.1) is 0 Å². The van der Waals surface area contributed by atoms with Crippen LogP contribution >= 0.6 is 0 Å². The van der Waals surface area contributed by atoms with E-state index >= 15 is 0 Å². The number of hydrogen-bond donors (Lipinski definition) is 4. The molecule has 2 aliphatic carbocycles. The van der Waals surface area contributed by atoms with Gasteiger partial charge in [-0.2, -0.15) is 0 Å². The number of aliphatic hydroxyl groups excluding tert-OH is 2. The SMILES string of the molecule is C/C=C1/CN(C)[C@H]2Cc3c([nH]c4ccccc34)[C@H](c3c(OC)ccc4c5c([nH]c34)[C@]3(C(=O)OC)C[C@H]4C[C@H]([C@H](C)O)[C@@H]3N(CC5)C4)C[C@@H]1C2(CO)C(=O)OC. The van der Waals surface area contributed by atoms with Gasteiger partial charge in [-0.05, 0) is 88.2 Å². The van der Waals surface area contributed by atoms with E-state index in [1.807, 2.05) is 39.1 Å². The summed E-state index contributed by atoms with van der Waals surface area (Å²) >= 11 is 0. The van der Waals surface area contributed by atoms with Crippen LogP contribution < -0.4 is 4.74 Å². The number of ether oxygens (including phenoxy) is 3. The van der Waals surface area contributed by atoms with Crippen molar-refractivity contribution in [3.63, 3.8) is 0 Å². The smallest absolute Gasteiger partial charge is 0.319 e. The van der Waals surface area contributed by atoms with E-state index in [0.717, 1.165) is 81.4 Å². The summed E-state index contributed by atoms with van der Waals surface area (Å²) in [5, 5.41) is 24.8. The van der Waals surface area contributed by atoms with Gasteiger partial charge in [0.15, 0.2) is 0 Å². The number of hydrogen-bond acceptors (Lipinski definition) is 9. The predicted octanol–water partition coefficient (Wildman–Crippen LogP) is 4.82. The normalized spacial score (nSPS) is 34.0. The Kier molecular flexibility index (Phi) is 8.77. The van der Waals surface area contributed by atoms with E-state index in [1.165, 1.54) is 14.2 Å². The number of methoxy groups -OCH3 is 3. The molecule has 4 fully saturated rings. The lowest BCUT2D eigenvalue weighted by Crippen LogP contribution is -2.68. The molecule has 2 aromatic heterocycles. The van der Waals surface area contributed by atoms with E-state index in [4.69, 9.17) is 14.2 Å². The first-order chi connectivity index (χ1) is 26.6. The lowest BCUT2D eigenvalue weighted by atomic mass is 9.56. The second-order valence-electron chi connectivity index (χ2n) is 17.0. The number of aromatic nitrogens is 2. The van der Waals surface area contributed by atoms with Crippen LogP contribution in [0.3, 0.4) is 0 Å². The highest BCUT2D eigenvalue weighted by atomic mass is 16.5. The monoisotopic (exact) mass is 750 g/mol. The van der Waals surface area contributed by atoms with E-state index in [1.54, 1.807) is 7.11 Å². The third-order valence-corrected chi connectivity index (χ3v) is 14.8. The van der Waals surface area contributed by atoms with Crippen molar-refractivity contribution in [1.29, 1.82) is 0 Å². The number of nitrogens with zero attached hydrogens (tertiary/aromatic N) is 2. The number of rotatable bonds is 6. The number of likely N-dealkylation sites (tertiary alicyclic amines) is 1. The highest BCUT2D eigenvalue weighted by Crippen LogP contribution is 2.58. The molecule has 10 atom stereocenters. The molecule has 0 amide bonds. The molecule has 2 aromatic carbocycles. The Balaban J connectivity index is 1.34. The van der Waals surface area contributed by atoms with Crippen LogP contribution in [0, 0.1) is 23.2 Å². The molecule has 4 aliphatic heterocycles. The van der Waals surface area contributed by atoms with Gasteiger partial charge >= 0.3 is 11.9 Å². The first kappa shape index (κ1) is 36.5. The maximum Gasteiger partial charge on any atom is 0.319 e. The topological polar surface area (TPSA) is 140 Å². The van der Waals surface area contributed by atoms with E-state index in [2.05, 4.69) is 44.0 Å². The van der Waals surface area contributed by atoms with Crippen molar-refractivity contribution < 1.29 is 34.0 Å². The molecule has 55 heavy (non-hydrogen) atoms. The number of esters is 2. The fourth-order valence-electron chi connectivity index (χ4n) is 12.6. The fraction of sp³-hybridized carbons (Fsp3) is 0.545. The Morgan fingerprint density at radius 1 is 1.04 bits per heavy atom. The minimum Gasteiger partial charge on any atom is -0.496 e. The number of fused-ring (bicyclic) bond motifs is 9. The molecule has 0 spiro atoms. The average Bonchev–Trinajstić information content (AvgIpc) is 3.73. The van der Waals surface area contributed by atoms with Crippen molar-refractivity contribution >= 4 is 33.7 Å². The fourth-order valence-corrected chi connectivity index (χ4v) is 12.6. The second-order valence-corrected chi connectivity index (χ2v) is 17.0.